The van der Waals surface area contributed by atoms with E-state index in [1.807, 2.05) is 24.1 Å². The van der Waals surface area contributed by atoms with Crippen LogP contribution in [0.1, 0.15) is 61.8 Å². The molecule has 5 atom stereocenters. The van der Waals surface area contributed by atoms with Crippen molar-refractivity contribution in [3.8, 4) is 0 Å². The molecule has 0 saturated carbocycles. The predicted molar refractivity (Wildman–Crippen MR) is 209 cm³/mol. The molecule has 0 aliphatic carbocycles. The summed E-state index contributed by atoms with van der Waals surface area (Å²) >= 11 is 0. The molecule has 20 nitrogen and oxygen atoms in total. The molecule has 0 spiro atoms. The van der Waals surface area contributed by atoms with Gasteiger partial charge in [0.2, 0.25) is 17.8 Å². The van der Waals surface area contributed by atoms with Gasteiger partial charge in [-0.1, -0.05) is 27.7 Å². The van der Waals surface area contributed by atoms with Gasteiger partial charge in [-0.2, -0.15) is 0 Å². The Morgan fingerprint density at radius 3 is 1.90 bits per heavy atom. The molecular formula is C38H45N7O13Si. The van der Waals surface area contributed by atoms with Crippen LogP contribution in [0.25, 0.3) is 0 Å². The fourth-order valence-electron chi connectivity index (χ4n) is 7.89. The number of non-ortho nitro benzene ring substituents is 2. The molecular weight excluding hydrogens is 791 g/mol. The minimum Gasteiger partial charge on any atom is -0.413 e. The van der Waals surface area contributed by atoms with Gasteiger partial charge in [0.15, 0.2) is 8.32 Å². The van der Waals surface area contributed by atoms with Gasteiger partial charge < -0.3 is 18.8 Å². The highest BCUT2D eigenvalue weighted by Crippen LogP contribution is 2.49. The zero-order valence-corrected chi connectivity index (χ0v) is 34.1. The largest absolute Gasteiger partial charge is 0.421 e. The Labute approximate surface area is 339 Å². The second-order valence-corrected chi connectivity index (χ2v) is 19.3. The Morgan fingerprint density at radius 2 is 1.39 bits per heavy atom. The van der Waals surface area contributed by atoms with E-state index >= 15 is 0 Å². The summed E-state index contributed by atoms with van der Waals surface area (Å²) < 4.78 is 16.6. The maximum atomic E-state index is 13.9. The molecule has 59 heavy (non-hydrogen) atoms. The number of nitrogens with one attached hydrogen (secondary N) is 3. The first-order chi connectivity index (χ1) is 27.9. The maximum Gasteiger partial charge on any atom is 0.421 e. The SMILES string of the molecule is CC[Si](CC)(CC)O[C@H](C)[C@H]1C(=O)N2C(C(=O)OC(=O)c3ccc([N+](=O)[O-])cc3)=C(CN3CC[C@H](C(=O)NC(=N)NC(=O)OC(=O)c4ccc([N+](=O)[O-])cc4)C3)[C@H](C)[C@H]12. The number of nitrogens with zero attached hydrogens (tertiary/aromatic N) is 4. The van der Waals surface area contributed by atoms with Crippen LogP contribution in [0.2, 0.25) is 18.1 Å². The summed E-state index contributed by atoms with van der Waals surface area (Å²) in [5, 5.41) is 34.2. The normalized spacial score (nSPS) is 20.6. The highest BCUT2D eigenvalue weighted by atomic mass is 28.4. The van der Waals surface area contributed by atoms with Gasteiger partial charge in [-0.25, -0.2) is 19.2 Å². The van der Waals surface area contributed by atoms with Crippen LogP contribution in [0.5, 0.6) is 0 Å². The molecule has 3 N–H and O–H groups in total. The average Bonchev–Trinajstić information content (AvgIpc) is 3.77. The smallest absolute Gasteiger partial charge is 0.413 e. The Bertz CT molecular complexity index is 2080. The number of benzene rings is 2. The molecule has 21 heteroatoms. The number of likely N-dealkylation sites (tertiary alicyclic amines) is 1. The lowest BCUT2D eigenvalue weighted by Gasteiger charge is -2.49. The van der Waals surface area contributed by atoms with Crippen LogP contribution >= 0.6 is 0 Å². The summed E-state index contributed by atoms with van der Waals surface area (Å²) in [6, 6.07) is 10.9. The second-order valence-electron chi connectivity index (χ2n) is 14.6. The van der Waals surface area contributed by atoms with Crippen molar-refractivity contribution in [3.63, 3.8) is 0 Å². The van der Waals surface area contributed by atoms with E-state index in [1.165, 1.54) is 4.90 Å². The Balaban J connectivity index is 1.26. The third-order valence-electron chi connectivity index (χ3n) is 11.4. The molecule has 3 amide bonds. The number of guanidine groups is 1. The van der Waals surface area contributed by atoms with Crippen LogP contribution in [-0.4, -0.2) is 102 Å². The van der Waals surface area contributed by atoms with E-state index in [-0.39, 0.29) is 53.1 Å². The molecule has 2 fully saturated rings. The van der Waals surface area contributed by atoms with Crippen molar-refractivity contribution in [2.75, 3.05) is 19.6 Å². The molecule has 2 saturated heterocycles. The molecule has 3 heterocycles. The maximum absolute atomic E-state index is 13.9. The van der Waals surface area contributed by atoms with Crippen molar-refractivity contribution < 1.29 is 52.5 Å². The average molecular weight is 836 g/mol. The topological polar surface area (TPSA) is 271 Å². The Morgan fingerprint density at radius 1 is 0.864 bits per heavy atom. The molecule has 0 radical (unpaired) electrons. The van der Waals surface area contributed by atoms with Gasteiger partial charge in [0.25, 0.3) is 11.4 Å². The first-order valence-electron chi connectivity index (χ1n) is 19.1. The van der Waals surface area contributed by atoms with Crippen molar-refractivity contribution in [3.05, 3.63) is 91.2 Å². The molecule has 3 aliphatic rings. The van der Waals surface area contributed by atoms with Crippen molar-refractivity contribution in [1.29, 1.82) is 5.41 Å². The van der Waals surface area contributed by atoms with Gasteiger partial charge in [0.05, 0.1) is 45.0 Å². The van der Waals surface area contributed by atoms with Gasteiger partial charge in [-0.15, -0.1) is 0 Å². The van der Waals surface area contributed by atoms with Crippen LogP contribution in [0.15, 0.2) is 59.8 Å². The number of nitro benzene ring substituents is 2. The van der Waals surface area contributed by atoms with Crippen molar-refractivity contribution in [2.24, 2.45) is 17.8 Å². The van der Waals surface area contributed by atoms with E-state index < -0.39 is 78.0 Å². The van der Waals surface area contributed by atoms with Crippen LogP contribution < -0.4 is 10.6 Å². The minimum absolute atomic E-state index is 0.0862. The van der Waals surface area contributed by atoms with Gasteiger partial charge in [-0.05, 0) is 67.9 Å². The van der Waals surface area contributed by atoms with Crippen molar-refractivity contribution in [1.82, 2.24) is 20.4 Å². The summed E-state index contributed by atoms with van der Waals surface area (Å²) in [4.78, 5) is 102. The number of carbonyl (C=O) groups is 6. The minimum atomic E-state index is -2.13. The quantitative estimate of drug-likeness (QED) is 0.0351. The molecule has 0 bridgehead atoms. The van der Waals surface area contributed by atoms with Gasteiger partial charge >= 0.3 is 24.0 Å². The first-order valence-corrected chi connectivity index (χ1v) is 21.6. The Hall–Kier alpha value is -6.19. The number of carbonyl (C=O) groups excluding carboxylic acids is 6. The van der Waals surface area contributed by atoms with Gasteiger partial charge in [-0.3, -0.25) is 50.8 Å². The van der Waals surface area contributed by atoms with Crippen LogP contribution in [0.4, 0.5) is 16.2 Å². The summed E-state index contributed by atoms with van der Waals surface area (Å²) in [5.41, 5.74) is -0.383. The third-order valence-corrected chi connectivity index (χ3v) is 16.1. The summed E-state index contributed by atoms with van der Waals surface area (Å²) in [6.45, 7) is 10.6. The molecule has 5 rings (SSSR count). The highest BCUT2D eigenvalue weighted by Gasteiger charge is 2.61. The van der Waals surface area contributed by atoms with E-state index in [0.29, 0.717) is 18.5 Å². The molecule has 314 valence electrons. The lowest BCUT2D eigenvalue weighted by molar-refractivity contribution is -0.385. The van der Waals surface area contributed by atoms with E-state index in [0.717, 1.165) is 66.7 Å². The number of hydrogen-bond acceptors (Lipinski definition) is 15. The number of amides is 3. The second kappa shape index (κ2) is 18.2. The number of alkyl carbamates (subject to hydrolysis) is 1. The zero-order valence-electron chi connectivity index (χ0n) is 33.1. The molecule has 2 aromatic carbocycles. The number of nitro groups is 2. The molecule has 3 aliphatic heterocycles. The summed E-state index contributed by atoms with van der Waals surface area (Å²) in [6.07, 6.45) is -1.50. The number of β-lactam (4-membered cyclic amide) rings is 1. The van der Waals surface area contributed by atoms with Crippen molar-refractivity contribution in [2.45, 2.75) is 71.3 Å². The molecule has 2 aromatic rings. The number of fused-ring (bicyclic) bond motifs is 1. The molecule has 0 aromatic heterocycles. The van der Waals surface area contributed by atoms with Crippen LogP contribution in [-0.2, 0) is 28.3 Å². The van der Waals surface area contributed by atoms with Crippen LogP contribution in [0.3, 0.4) is 0 Å². The van der Waals surface area contributed by atoms with E-state index in [4.69, 9.17) is 14.6 Å². The van der Waals surface area contributed by atoms with Gasteiger partial charge in [0, 0.05) is 43.3 Å². The monoisotopic (exact) mass is 835 g/mol. The lowest BCUT2D eigenvalue weighted by atomic mass is 9.77. The lowest BCUT2D eigenvalue weighted by Crippen LogP contribution is -2.65. The number of ether oxygens (including phenoxy) is 2. The fourth-order valence-corrected chi connectivity index (χ4v) is 10.8. The fraction of sp³-hybridized carbons (Fsp3) is 0.447. The van der Waals surface area contributed by atoms with E-state index in [2.05, 4.69) is 30.8 Å². The number of hydrogen-bond donors (Lipinski definition) is 3. The Kier molecular flexibility index (Phi) is 13.5. The van der Waals surface area contributed by atoms with Gasteiger partial charge in [0.1, 0.15) is 5.70 Å². The zero-order chi connectivity index (χ0) is 43.3. The number of esters is 3. The first kappa shape index (κ1) is 43.9. The van der Waals surface area contributed by atoms with Crippen molar-refractivity contribution >= 4 is 61.5 Å². The predicted octanol–water partition coefficient (Wildman–Crippen LogP) is 4.27. The summed E-state index contributed by atoms with van der Waals surface area (Å²) in [7, 11) is -2.13. The molecule has 0 unspecified atom stereocenters. The van der Waals surface area contributed by atoms with E-state index in [1.54, 1.807) is 0 Å². The number of rotatable bonds is 14. The third kappa shape index (κ3) is 9.42. The standard InChI is InChI=1S/C38H45N7O13Si/c1-6-59(7-2,8-3)58-22(5)29-30-21(4)28(31(43(30)33(29)47)36(50)56-34(48)23-9-13-26(14-10-23)44(52)53)20-42-18-17-25(19-42)32(46)40-37(39)41-38(51)57-35(49)24-11-15-27(16-12-24)45(54)55/h9-16,21-22,25,29-30H,6-8,17-20H2,1-5H3,(H3,39,40,41,46,51)/t21-,22+,25-,29+,30+/m0/s1. The van der Waals surface area contributed by atoms with E-state index in [9.17, 15) is 49.0 Å². The van der Waals surface area contributed by atoms with Crippen LogP contribution in [0, 0.1) is 43.4 Å². The summed E-state index contributed by atoms with van der Waals surface area (Å²) in [5.74, 6) is -6.64. The highest BCUT2D eigenvalue weighted by molar-refractivity contribution is 6.73.